The molecule has 0 aliphatic rings. The Labute approximate surface area is 92.2 Å². The summed E-state index contributed by atoms with van der Waals surface area (Å²) in [6, 6.07) is 3.13. The SMILES string of the molecule is NCCCC[C@H](N)c1ccc([N+](=O)[O-])s1. The molecule has 1 atom stereocenters. The molecule has 0 unspecified atom stereocenters. The molecule has 0 fully saturated rings. The molecule has 1 aromatic heterocycles. The summed E-state index contributed by atoms with van der Waals surface area (Å²) in [5.41, 5.74) is 11.3. The lowest BCUT2D eigenvalue weighted by atomic mass is 10.1. The number of hydrogen-bond donors (Lipinski definition) is 2. The van der Waals surface area contributed by atoms with Crippen LogP contribution >= 0.6 is 11.3 Å². The lowest BCUT2D eigenvalue weighted by molar-refractivity contribution is -0.380. The van der Waals surface area contributed by atoms with Crippen LogP contribution in [0.15, 0.2) is 12.1 Å². The molecule has 15 heavy (non-hydrogen) atoms. The van der Waals surface area contributed by atoms with E-state index in [0.29, 0.717) is 6.54 Å². The minimum atomic E-state index is -0.388. The summed E-state index contributed by atoms with van der Waals surface area (Å²) in [5, 5.41) is 10.6. The molecular formula is C9H15N3O2S. The molecule has 4 N–H and O–H groups in total. The maximum absolute atomic E-state index is 10.5. The predicted molar refractivity (Wildman–Crippen MR) is 60.8 cm³/mol. The largest absolute Gasteiger partial charge is 0.330 e. The topological polar surface area (TPSA) is 95.2 Å². The molecule has 84 valence electrons. The fraction of sp³-hybridized carbons (Fsp3) is 0.556. The van der Waals surface area contributed by atoms with E-state index in [1.165, 1.54) is 6.07 Å². The highest BCUT2D eigenvalue weighted by molar-refractivity contribution is 7.15. The van der Waals surface area contributed by atoms with Gasteiger partial charge in [-0.05, 0) is 25.5 Å². The Morgan fingerprint density at radius 3 is 2.73 bits per heavy atom. The van der Waals surface area contributed by atoms with Crippen molar-refractivity contribution in [1.29, 1.82) is 0 Å². The predicted octanol–water partition coefficient (Wildman–Crippen LogP) is 1.79. The van der Waals surface area contributed by atoms with Crippen molar-refractivity contribution in [1.82, 2.24) is 0 Å². The van der Waals surface area contributed by atoms with Crippen molar-refractivity contribution in [2.75, 3.05) is 6.54 Å². The molecule has 0 saturated carbocycles. The van der Waals surface area contributed by atoms with Crippen molar-refractivity contribution in [3.8, 4) is 0 Å². The molecule has 1 rings (SSSR count). The molecule has 0 bridgehead atoms. The van der Waals surface area contributed by atoms with E-state index in [4.69, 9.17) is 11.5 Å². The number of unbranched alkanes of at least 4 members (excludes halogenated alkanes) is 1. The van der Waals surface area contributed by atoms with Crippen LogP contribution in [0.3, 0.4) is 0 Å². The van der Waals surface area contributed by atoms with Gasteiger partial charge in [0.05, 0.1) is 4.92 Å². The number of nitrogens with zero attached hydrogens (tertiary/aromatic N) is 1. The van der Waals surface area contributed by atoms with E-state index >= 15 is 0 Å². The van der Waals surface area contributed by atoms with Gasteiger partial charge in [-0.2, -0.15) is 0 Å². The maximum Gasteiger partial charge on any atom is 0.324 e. The Morgan fingerprint density at radius 2 is 2.20 bits per heavy atom. The Kier molecular flexibility index (Phi) is 4.67. The van der Waals surface area contributed by atoms with Crippen molar-refractivity contribution in [2.45, 2.75) is 25.3 Å². The normalized spacial score (nSPS) is 12.7. The fourth-order valence-electron chi connectivity index (χ4n) is 1.29. The highest BCUT2D eigenvalue weighted by Crippen LogP contribution is 2.29. The summed E-state index contributed by atoms with van der Waals surface area (Å²) in [6.07, 6.45) is 2.74. The van der Waals surface area contributed by atoms with E-state index in [9.17, 15) is 10.1 Å². The third-order valence-electron chi connectivity index (χ3n) is 2.13. The van der Waals surface area contributed by atoms with Crippen LogP contribution in [0.2, 0.25) is 0 Å². The summed E-state index contributed by atoms with van der Waals surface area (Å²) < 4.78 is 0. The highest BCUT2D eigenvalue weighted by atomic mass is 32.1. The first-order valence-corrected chi connectivity index (χ1v) is 5.66. The third kappa shape index (κ3) is 3.58. The Hall–Kier alpha value is -0.980. The van der Waals surface area contributed by atoms with Gasteiger partial charge in [-0.3, -0.25) is 10.1 Å². The zero-order chi connectivity index (χ0) is 11.3. The quantitative estimate of drug-likeness (QED) is 0.441. The second kappa shape index (κ2) is 5.79. The maximum atomic E-state index is 10.5. The third-order valence-corrected chi connectivity index (χ3v) is 3.30. The number of thiophene rings is 1. The first-order valence-electron chi connectivity index (χ1n) is 4.85. The van der Waals surface area contributed by atoms with Gasteiger partial charge < -0.3 is 11.5 Å². The average molecular weight is 229 g/mol. The van der Waals surface area contributed by atoms with Crippen molar-refractivity contribution in [2.24, 2.45) is 11.5 Å². The molecule has 0 radical (unpaired) electrons. The van der Waals surface area contributed by atoms with Crippen LogP contribution < -0.4 is 11.5 Å². The van der Waals surface area contributed by atoms with Crippen molar-refractivity contribution < 1.29 is 4.92 Å². The first-order chi connectivity index (χ1) is 7.15. The average Bonchev–Trinajstić information content (AvgIpc) is 2.66. The second-order valence-corrected chi connectivity index (χ2v) is 4.42. The standard InChI is InChI=1S/C9H15N3O2S/c10-6-2-1-3-7(11)8-4-5-9(15-8)12(13)14/h4-5,7H,1-3,6,10-11H2/t7-/m0/s1. The van der Waals surface area contributed by atoms with Crippen LogP contribution in [0.1, 0.15) is 30.2 Å². The summed E-state index contributed by atoms with van der Waals surface area (Å²) in [4.78, 5) is 10.9. The zero-order valence-corrected chi connectivity index (χ0v) is 9.20. The van der Waals surface area contributed by atoms with Crippen molar-refractivity contribution in [3.05, 3.63) is 27.1 Å². The molecular weight excluding hydrogens is 214 g/mol. The zero-order valence-electron chi connectivity index (χ0n) is 8.39. The van der Waals surface area contributed by atoms with Crippen LogP contribution in [0.5, 0.6) is 0 Å². The molecule has 0 aliphatic heterocycles. The monoisotopic (exact) mass is 229 g/mol. The van der Waals surface area contributed by atoms with E-state index in [0.717, 1.165) is 35.5 Å². The summed E-state index contributed by atoms with van der Waals surface area (Å²) in [5.74, 6) is 0. The number of nitrogens with two attached hydrogens (primary N) is 2. The van der Waals surface area contributed by atoms with E-state index in [1.807, 2.05) is 0 Å². The highest BCUT2D eigenvalue weighted by Gasteiger charge is 2.14. The molecule has 0 saturated heterocycles. The molecule has 0 amide bonds. The summed E-state index contributed by atoms with van der Waals surface area (Å²) in [7, 11) is 0. The molecule has 0 spiro atoms. The lowest BCUT2D eigenvalue weighted by Gasteiger charge is -2.07. The van der Waals surface area contributed by atoms with Crippen molar-refractivity contribution >= 4 is 16.3 Å². The number of rotatable bonds is 6. The van der Waals surface area contributed by atoms with Crippen LogP contribution in [0, 0.1) is 10.1 Å². The smallest absolute Gasteiger partial charge is 0.324 e. The van der Waals surface area contributed by atoms with Gasteiger partial charge in [0.25, 0.3) is 0 Å². The van der Waals surface area contributed by atoms with Crippen LogP contribution in [-0.4, -0.2) is 11.5 Å². The molecule has 1 heterocycles. The van der Waals surface area contributed by atoms with Crippen LogP contribution in [0.25, 0.3) is 0 Å². The molecule has 0 aliphatic carbocycles. The number of nitro groups is 1. The lowest BCUT2D eigenvalue weighted by Crippen LogP contribution is -2.09. The second-order valence-electron chi connectivity index (χ2n) is 3.32. The fourth-order valence-corrected chi connectivity index (χ4v) is 2.15. The Balaban J connectivity index is 2.50. The van der Waals surface area contributed by atoms with Crippen LogP contribution in [0.4, 0.5) is 5.00 Å². The van der Waals surface area contributed by atoms with Gasteiger partial charge in [0.15, 0.2) is 0 Å². The van der Waals surface area contributed by atoms with Crippen molar-refractivity contribution in [3.63, 3.8) is 0 Å². The molecule has 1 aromatic rings. The van der Waals surface area contributed by atoms with Gasteiger partial charge >= 0.3 is 5.00 Å². The van der Waals surface area contributed by atoms with E-state index in [-0.39, 0.29) is 16.0 Å². The van der Waals surface area contributed by atoms with Gasteiger partial charge in [-0.25, -0.2) is 0 Å². The first kappa shape index (κ1) is 12.1. The van der Waals surface area contributed by atoms with E-state index in [1.54, 1.807) is 6.07 Å². The summed E-state index contributed by atoms with van der Waals surface area (Å²) in [6.45, 7) is 0.664. The Bertz CT molecular complexity index is 327. The minimum Gasteiger partial charge on any atom is -0.330 e. The summed E-state index contributed by atoms with van der Waals surface area (Å²) >= 11 is 1.15. The molecule has 0 aromatic carbocycles. The van der Waals surface area contributed by atoms with E-state index < -0.39 is 0 Å². The van der Waals surface area contributed by atoms with Gasteiger partial charge in [0.2, 0.25) is 0 Å². The van der Waals surface area contributed by atoms with Crippen LogP contribution in [-0.2, 0) is 0 Å². The van der Waals surface area contributed by atoms with Gasteiger partial charge in [-0.1, -0.05) is 17.8 Å². The van der Waals surface area contributed by atoms with Gasteiger partial charge in [0.1, 0.15) is 0 Å². The van der Waals surface area contributed by atoms with E-state index in [2.05, 4.69) is 0 Å². The number of hydrogen-bond acceptors (Lipinski definition) is 5. The van der Waals surface area contributed by atoms with Gasteiger partial charge in [-0.15, -0.1) is 0 Å². The molecule has 5 nitrogen and oxygen atoms in total. The van der Waals surface area contributed by atoms with Gasteiger partial charge in [0, 0.05) is 17.0 Å². The molecule has 6 heteroatoms. The Morgan fingerprint density at radius 1 is 1.47 bits per heavy atom. The minimum absolute atomic E-state index is 0.102.